The van der Waals surface area contributed by atoms with E-state index in [1.54, 1.807) is 6.07 Å². The van der Waals surface area contributed by atoms with Gasteiger partial charge in [0.1, 0.15) is 35.7 Å². The molecule has 1 N–H and O–H groups in total. The second kappa shape index (κ2) is 10.3. The van der Waals surface area contributed by atoms with Gasteiger partial charge in [-0.1, -0.05) is 24.1 Å². The van der Waals surface area contributed by atoms with Crippen molar-refractivity contribution >= 4 is 27.5 Å². The number of piperazine rings is 1. The van der Waals surface area contributed by atoms with Crippen molar-refractivity contribution in [3.05, 3.63) is 59.4 Å². The minimum absolute atomic E-state index is 0.0400. The lowest BCUT2D eigenvalue weighted by molar-refractivity contribution is 0.107. The van der Waals surface area contributed by atoms with E-state index in [1.807, 2.05) is 0 Å². The molecule has 0 unspecified atom stereocenters. The molecule has 4 saturated heterocycles. The Labute approximate surface area is 258 Å². The standard InChI is InChI=1S/C35H33F4N5O/c1-3-20-8-9-26(37)23-6-4-7-24(28(20)23)29-27(38)14-25-31(30(29)39)40-33(45-19-35-11-5-13-44(35)16-21(36)15-35)41-32(25)43-17-22-10-12-34(2,18-43)42-22/h1,4,6-9,14,21-22,42H,5,10-13,15-19H2,2H3/t21-,22-,34+,35+/m1/s1. The summed E-state index contributed by atoms with van der Waals surface area (Å²) in [6.45, 7) is 4.69. The summed E-state index contributed by atoms with van der Waals surface area (Å²) in [4.78, 5) is 13.5. The molecule has 8 rings (SSSR count). The number of nitrogens with one attached hydrogen (secondary N) is 1. The van der Waals surface area contributed by atoms with Crippen LogP contribution in [0.25, 0.3) is 32.8 Å². The predicted molar refractivity (Wildman–Crippen MR) is 166 cm³/mol. The Morgan fingerprint density at radius 1 is 1.09 bits per heavy atom. The first-order valence-electron chi connectivity index (χ1n) is 15.6. The van der Waals surface area contributed by atoms with Crippen LogP contribution in [0.4, 0.5) is 23.4 Å². The van der Waals surface area contributed by atoms with Crippen molar-refractivity contribution in [3.8, 4) is 29.5 Å². The van der Waals surface area contributed by atoms with Crippen LogP contribution in [-0.2, 0) is 0 Å². The van der Waals surface area contributed by atoms with Crippen LogP contribution in [0.3, 0.4) is 0 Å². The van der Waals surface area contributed by atoms with Crippen LogP contribution in [0.1, 0.15) is 44.6 Å². The number of rotatable bonds is 5. The second-order valence-corrected chi connectivity index (χ2v) is 13.4. The fraction of sp³-hybridized carbons (Fsp3) is 0.429. The molecule has 1 aromatic heterocycles. The molecule has 0 spiro atoms. The van der Waals surface area contributed by atoms with Crippen molar-refractivity contribution in [3.63, 3.8) is 0 Å². The number of fused-ring (bicyclic) bond motifs is 5. The van der Waals surface area contributed by atoms with Crippen molar-refractivity contribution in [2.24, 2.45) is 0 Å². The molecule has 2 bridgehead atoms. The third-order valence-corrected chi connectivity index (χ3v) is 10.4. The number of terminal acetylenes is 1. The van der Waals surface area contributed by atoms with E-state index >= 15 is 8.78 Å². The number of nitrogens with zero attached hydrogens (tertiary/aromatic N) is 4. The molecule has 5 heterocycles. The van der Waals surface area contributed by atoms with Gasteiger partial charge in [0.15, 0.2) is 5.82 Å². The molecule has 4 aliphatic heterocycles. The fourth-order valence-electron chi connectivity index (χ4n) is 8.36. The van der Waals surface area contributed by atoms with Crippen LogP contribution < -0.4 is 15.0 Å². The third-order valence-electron chi connectivity index (χ3n) is 10.4. The van der Waals surface area contributed by atoms with Gasteiger partial charge in [0.2, 0.25) is 0 Å². The van der Waals surface area contributed by atoms with Crippen LogP contribution in [0.2, 0.25) is 0 Å². The first-order valence-corrected chi connectivity index (χ1v) is 15.6. The smallest absolute Gasteiger partial charge is 0.319 e. The third kappa shape index (κ3) is 4.54. The highest BCUT2D eigenvalue weighted by atomic mass is 19.1. The Morgan fingerprint density at radius 3 is 2.78 bits per heavy atom. The molecule has 45 heavy (non-hydrogen) atoms. The van der Waals surface area contributed by atoms with Gasteiger partial charge in [0, 0.05) is 59.4 Å². The van der Waals surface area contributed by atoms with E-state index in [-0.39, 0.29) is 57.0 Å². The molecule has 0 radical (unpaired) electrons. The summed E-state index contributed by atoms with van der Waals surface area (Å²) in [6, 6.07) is 8.73. The minimum Gasteiger partial charge on any atom is -0.461 e. The zero-order valence-electron chi connectivity index (χ0n) is 25.0. The Morgan fingerprint density at radius 2 is 1.96 bits per heavy atom. The molecule has 4 fully saturated rings. The highest BCUT2D eigenvalue weighted by Crippen LogP contribution is 2.43. The van der Waals surface area contributed by atoms with Crippen molar-refractivity contribution in [1.29, 1.82) is 0 Å². The zero-order chi connectivity index (χ0) is 31.1. The molecule has 0 aliphatic carbocycles. The molecule has 4 aliphatic rings. The van der Waals surface area contributed by atoms with E-state index in [1.165, 1.54) is 30.3 Å². The topological polar surface area (TPSA) is 53.5 Å². The molecular formula is C35H33F4N5O. The minimum atomic E-state index is -0.930. The summed E-state index contributed by atoms with van der Waals surface area (Å²) in [7, 11) is 0. The van der Waals surface area contributed by atoms with Gasteiger partial charge >= 0.3 is 6.01 Å². The van der Waals surface area contributed by atoms with Gasteiger partial charge in [-0.3, -0.25) is 4.90 Å². The molecule has 6 nitrogen and oxygen atoms in total. The number of alkyl halides is 1. The Bertz CT molecular complexity index is 1910. The van der Waals surface area contributed by atoms with Crippen molar-refractivity contribution in [1.82, 2.24) is 20.2 Å². The van der Waals surface area contributed by atoms with E-state index < -0.39 is 29.2 Å². The molecule has 10 heteroatoms. The summed E-state index contributed by atoms with van der Waals surface area (Å²) >= 11 is 0. The maximum Gasteiger partial charge on any atom is 0.319 e. The van der Waals surface area contributed by atoms with Crippen molar-refractivity contribution in [2.45, 2.75) is 62.3 Å². The Hall–Kier alpha value is -3.94. The van der Waals surface area contributed by atoms with Gasteiger partial charge in [-0.25, -0.2) is 17.6 Å². The number of anilines is 1. The SMILES string of the molecule is C#Cc1ccc(F)c2cccc(-c3c(F)cc4c(N5C[C@H]6CC[C@@](C)(C5)N6)nc(OC[C@@]56CCCN5C[C@H](F)C6)nc4c3F)c12. The molecule has 4 aromatic rings. The van der Waals surface area contributed by atoms with Gasteiger partial charge in [-0.15, -0.1) is 6.42 Å². The van der Waals surface area contributed by atoms with Gasteiger partial charge < -0.3 is 15.0 Å². The van der Waals surface area contributed by atoms with E-state index in [9.17, 15) is 8.78 Å². The van der Waals surface area contributed by atoms with Gasteiger partial charge in [-0.05, 0) is 62.9 Å². The molecule has 4 atom stereocenters. The van der Waals surface area contributed by atoms with E-state index in [0.29, 0.717) is 37.4 Å². The molecule has 232 valence electrons. The molecule has 0 saturated carbocycles. The normalized spacial score (nSPS) is 27.8. The van der Waals surface area contributed by atoms with Crippen LogP contribution in [0, 0.1) is 29.8 Å². The highest BCUT2D eigenvalue weighted by molar-refractivity contribution is 6.03. The van der Waals surface area contributed by atoms with E-state index in [0.717, 1.165) is 32.2 Å². The monoisotopic (exact) mass is 615 g/mol. The Balaban J connectivity index is 1.30. The van der Waals surface area contributed by atoms with Crippen LogP contribution >= 0.6 is 0 Å². The summed E-state index contributed by atoms with van der Waals surface area (Å²) in [5.41, 5.74) is -0.623. The average Bonchev–Trinajstić information content (AvgIpc) is 3.64. The maximum atomic E-state index is 16.8. The lowest BCUT2D eigenvalue weighted by Crippen LogP contribution is -2.58. The molecule has 0 amide bonds. The average molecular weight is 616 g/mol. The summed E-state index contributed by atoms with van der Waals surface area (Å²) in [6.07, 6.45) is 8.88. The van der Waals surface area contributed by atoms with Crippen molar-refractivity contribution < 1.29 is 22.3 Å². The summed E-state index contributed by atoms with van der Waals surface area (Å²) in [5.74, 6) is 0.634. The summed E-state index contributed by atoms with van der Waals surface area (Å²) in [5, 5.41) is 4.29. The van der Waals surface area contributed by atoms with Crippen LogP contribution in [0.15, 0.2) is 36.4 Å². The Kier molecular flexibility index (Phi) is 6.52. The van der Waals surface area contributed by atoms with Gasteiger partial charge in [-0.2, -0.15) is 9.97 Å². The van der Waals surface area contributed by atoms with E-state index in [4.69, 9.17) is 16.1 Å². The lowest BCUT2D eigenvalue weighted by atomic mass is 9.93. The number of ether oxygens (including phenoxy) is 1. The number of halogens is 4. The highest BCUT2D eigenvalue weighted by Gasteiger charge is 2.49. The number of hydrogen-bond acceptors (Lipinski definition) is 6. The zero-order valence-corrected chi connectivity index (χ0v) is 25.0. The second-order valence-electron chi connectivity index (χ2n) is 13.4. The van der Waals surface area contributed by atoms with Crippen molar-refractivity contribution in [2.75, 3.05) is 37.7 Å². The van der Waals surface area contributed by atoms with Gasteiger partial charge in [0.25, 0.3) is 0 Å². The number of benzene rings is 3. The van der Waals surface area contributed by atoms with Crippen LogP contribution in [-0.4, -0.2) is 70.9 Å². The molecule has 3 aromatic carbocycles. The van der Waals surface area contributed by atoms with E-state index in [2.05, 4.69) is 32.9 Å². The quantitative estimate of drug-likeness (QED) is 0.215. The first-order chi connectivity index (χ1) is 21.7. The predicted octanol–water partition coefficient (Wildman–Crippen LogP) is 6.13. The largest absolute Gasteiger partial charge is 0.461 e. The first kappa shape index (κ1) is 28.5. The maximum absolute atomic E-state index is 16.8. The number of hydrogen-bond donors (Lipinski definition) is 1. The summed E-state index contributed by atoms with van der Waals surface area (Å²) < 4.78 is 68.6. The van der Waals surface area contributed by atoms with Gasteiger partial charge in [0.05, 0.1) is 11.1 Å². The number of aromatic nitrogens is 2. The fourth-order valence-corrected chi connectivity index (χ4v) is 8.36. The lowest BCUT2D eigenvalue weighted by Gasteiger charge is -2.40. The van der Waals surface area contributed by atoms with Crippen LogP contribution in [0.5, 0.6) is 6.01 Å². The molecular weight excluding hydrogens is 582 g/mol.